The number of ether oxygens (including phenoxy) is 1. The average molecular weight is 296 g/mol. The highest BCUT2D eigenvalue weighted by Gasteiger charge is 2.31. The lowest BCUT2D eigenvalue weighted by molar-refractivity contribution is -0.129. The third kappa shape index (κ3) is 2.99. The first-order valence-corrected chi connectivity index (χ1v) is 6.62. The Morgan fingerprint density at radius 2 is 2.15 bits per heavy atom. The summed E-state index contributed by atoms with van der Waals surface area (Å²) in [5, 5.41) is 2.90. The minimum atomic E-state index is -0.618. The van der Waals surface area contributed by atoms with E-state index in [0.29, 0.717) is 23.6 Å². The zero-order valence-corrected chi connectivity index (χ0v) is 11.7. The van der Waals surface area contributed by atoms with Gasteiger partial charge < -0.3 is 10.1 Å². The van der Waals surface area contributed by atoms with E-state index in [1.165, 1.54) is 25.3 Å². The molecule has 1 aromatic rings. The minimum Gasteiger partial charge on any atom is -0.465 e. The summed E-state index contributed by atoms with van der Waals surface area (Å²) in [5.41, 5.74) is 0.587. The number of hydrogen-bond acceptors (Lipinski definition) is 4. The van der Waals surface area contributed by atoms with Crippen molar-refractivity contribution in [2.24, 2.45) is 5.92 Å². The van der Waals surface area contributed by atoms with Gasteiger partial charge in [-0.2, -0.15) is 0 Å². The molecule has 0 radical (unpaired) electrons. The van der Waals surface area contributed by atoms with Crippen molar-refractivity contribution >= 4 is 34.9 Å². The van der Waals surface area contributed by atoms with Gasteiger partial charge in [-0.3, -0.25) is 9.59 Å². The van der Waals surface area contributed by atoms with Gasteiger partial charge in [0.25, 0.3) is 0 Å². The molecule has 1 atom stereocenters. The van der Waals surface area contributed by atoms with Crippen LogP contribution in [0.4, 0.5) is 5.69 Å². The Morgan fingerprint density at radius 3 is 2.75 bits per heavy atom. The van der Waals surface area contributed by atoms with Crippen molar-refractivity contribution in [2.45, 2.75) is 19.3 Å². The summed E-state index contributed by atoms with van der Waals surface area (Å²) in [7, 11) is 1.27. The Hall–Kier alpha value is -1.88. The highest BCUT2D eigenvalue weighted by molar-refractivity contribution is 6.34. The van der Waals surface area contributed by atoms with Crippen molar-refractivity contribution in [1.29, 1.82) is 0 Å². The molecule has 1 aromatic carbocycles. The maximum atomic E-state index is 12.0. The third-order valence-electron chi connectivity index (χ3n) is 3.27. The molecule has 1 fully saturated rings. The van der Waals surface area contributed by atoms with E-state index >= 15 is 0 Å². The van der Waals surface area contributed by atoms with Crippen LogP contribution >= 0.6 is 11.6 Å². The van der Waals surface area contributed by atoms with Crippen molar-refractivity contribution in [3.8, 4) is 0 Å². The Bertz CT molecular complexity index is 570. The van der Waals surface area contributed by atoms with E-state index < -0.39 is 11.9 Å². The number of carbonyl (C=O) groups excluding carboxylic acids is 3. The summed E-state index contributed by atoms with van der Waals surface area (Å²) in [6.45, 7) is 0. The Kier molecular flexibility index (Phi) is 4.39. The van der Waals surface area contributed by atoms with E-state index in [1.54, 1.807) is 0 Å². The van der Waals surface area contributed by atoms with Crippen molar-refractivity contribution in [3.63, 3.8) is 0 Å². The van der Waals surface area contributed by atoms with E-state index in [1.807, 2.05) is 0 Å². The van der Waals surface area contributed by atoms with Crippen molar-refractivity contribution in [1.82, 2.24) is 0 Å². The van der Waals surface area contributed by atoms with Gasteiger partial charge >= 0.3 is 5.97 Å². The number of ketones is 1. The smallest absolute Gasteiger partial charge is 0.337 e. The molecular formula is C14H14ClNO4. The second kappa shape index (κ2) is 6.05. The molecule has 6 heteroatoms. The fraction of sp³-hybridized carbons (Fsp3) is 0.357. The van der Waals surface area contributed by atoms with Crippen LogP contribution in [0.15, 0.2) is 18.2 Å². The molecule has 1 aliphatic rings. The van der Waals surface area contributed by atoms with Gasteiger partial charge in [-0.25, -0.2) is 4.79 Å². The summed E-state index contributed by atoms with van der Waals surface area (Å²) < 4.78 is 4.60. The number of halogens is 1. The summed E-state index contributed by atoms with van der Waals surface area (Å²) in [4.78, 5) is 35.0. The Morgan fingerprint density at radius 1 is 1.40 bits per heavy atom. The average Bonchev–Trinajstić information content (AvgIpc) is 2.86. The number of anilines is 1. The first kappa shape index (κ1) is 14.5. The molecule has 0 aliphatic heterocycles. The molecule has 1 unspecified atom stereocenters. The Balaban J connectivity index is 2.18. The lowest BCUT2D eigenvalue weighted by Crippen LogP contribution is -2.26. The standard InChI is InChI=1S/C14H14ClNO4/c1-20-14(19)8-5-6-10(15)11(7-8)16-13(18)9-3-2-4-12(9)17/h5-7,9H,2-4H2,1H3,(H,16,18). The number of benzene rings is 1. The normalized spacial score (nSPS) is 17.9. The Labute approximate surface area is 121 Å². The second-order valence-electron chi connectivity index (χ2n) is 4.59. The first-order valence-electron chi connectivity index (χ1n) is 6.24. The topological polar surface area (TPSA) is 72.5 Å². The largest absolute Gasteiger partial charge is 0.465 e. The zero-order chi connectivity index (χ0) is 14.7. The van der Waals surface area contributed by atoms with Crippen LogP contribution in [0.5, 0.6) is 0 Å². The van der Waals surface area contributed by atoms with E-state index in [2.05, 4.69) is 10.1 Å². The predicted octanol–water partition coefficient (Wildman–Crippen LogP) is 2.43. The molecule has 1 aliphatic carbocycles. The van der Waals surface area contributed by atoms with Crippen LogP contribution in [0.25, 0.3) is 0 Å². The number of esters is 1. The molecule has 20 heavy (non-hydrogen) atoms. The highest BCUT2D eigenvalue weighted by atomic mass is 35.5. The molecule has 1 N–H and O–H groups in total. The minimum absolute atomic E-state index is 0.0530. The van der Waals surface area contributed by atoms with Gasteiger partial charge in [-0.1, -0.05) is 11.6 Å². The molecule has 0 bridgehead atoms. The summed E-state index contributed by atoms with van der Waals surface area (Å²) in [6, 6.07) is 4.44. The van der Waals surface area contributed by atoms with Crippen LogP contribution in [0.3, 0.4) is 0 Å². The summed E-state index contributed by atoms with van der Waals surface area (Å²) in [5.74, 6) is -1.57. The molecule has 106 valence electrons. The van der Waals surface area contributed by atoms with Crippen molar-refractivity contribution in [2.75, 3.05) is 12.4 Å². The molecular weight excluding hydrogens is 282 g/mol. The zero-order valence-electron chi connectivity index (χ0n) is 10.9. The SMILES string of the molecule is COC(=O)c1ccc(Cl)c(NC(=O)C2CCCC2=O)c1. The monoisotopic (exact) mass is 295 g/mol. The molecule has 2 rings (SSSR count). The van der Waals surface area contributed by atoms with Crippen LogP contribution in [0, 0.1) is 5.92 Å². The number of amides is 1. The van der Waals surface area contributed by atoms with Crippen LogP contribution in [-0.2, 0) is 14.3 Å². The fourth-order valence-electron chi connectivity index (χ4n) is 2.18. The molecule has 0 heterocycles. The second-order valence-corrected chi connectivity index (χ2v) is 4.99. The number of hydrogen-bond donors (Lipinski definition) is 1. The van der Waals surface area contributed by atoms with Gasteiger partial charge in [-0.05, 0) is 31.0 Å². The van der Waals surface area contributed by atoms with Gasteiger partial charge in [-0.15, -0.1) is 0 Å². The molecule has 0 aromatic heterocycles. The number of nitrogens with one attached hydrogen (secondary N) is 1. The number of methoxy groups -OCH3 is 1. The molecule has 5 nitrogen and oxygen atoms in total. The van der Waals surface area contributed by atoms with E-state index in [9.17, 15) is 14.4 Å². The fourth-order valence-corrected chi connectivity index (χ4v) is 2.34. The van der Waals surface area contributed by atoms with Crippen LogP contribution < -0.4 is 5.32 Å². The lowest BCUT2D eigenvalue weighted by Gasteiger charge is -2.11. The lowest BCUT2D eigenvalue weighted by atomic mass is 10.1. The van der Waals surface area contributed by atoms with Crippen molar-refractivity contribution in [3.05, 3.63) is 28.8 Å². The van der Waals surface area contributed by atoms with Crippen LogP contribution in [0.1, 0.15) is 29.6 Å². The van der Waals surface area contributed by atoms with Gasteiger partial charge in [0.05, 0.1) is 29.3 Å². The highest BCUT2D eigenvalue weighted by Crippen LogP contribution is 2.27. The molecule has 0 spiro atoms. The van der Waals surface area contributed by atoms with Gasteiger partial charge in [0.2, 0.25) is 5.91 Å². The van der Waals surface area contributed by atoms with E-state index in [-0.39, 0.29) is 17.3 Å². The van der Waals surface area contributed by atoms with Crippen LogP contribution in [-0.4, -0.2) is 24.8 Å². The first-order chi connectivity index (χ1) is 9.52. The summed E-state index contributed by atoms with van der Waals surface area (Å²) >= 11 is 5.98. The van der Waals surface area contributed by atoms with E-state index in [4.69, 9.17) is 11.6 Å². The number of Topliss-reactive ketones (excluding diaryl/α,β-unsaturated/α-hetero) is 1. The number of carbonyl (C=O) groups is 3. The molecule has 1 saturated carbocycles. The molecule has 1 amide bonds. The van der Waals surface area contributed by atoms with Crippen molar-refractivity contribution < 1.29 is 19.1 Å². The quantitative estimate of drug-likeness (QED) is 0.686. The number of rotatable bonds is 3. The van der Waals surface area contributed by atoms with Gasteiger partial charge in [0, 0.05) is 6.42 Å². The maximum Gasteiger partial charge on any atom is 0.337 e. The van der Waals surface area contributed by atoms with Gasteiger partial charge in [0.1, 0.15) is 5.78 Å². The van der Waals surface area contributed by atoms with Crippen LogP contribution in [0.2, 0.25) is 5.02 Å². The maximum absolute atomic E-state index is 12.0. The summed E-state index contributed by atoms with van der Waals surface area (Å²) in [6.07, 6.45) is 1.72. The predicted molar refractivity (Wildman–Crippen MR) is 73.8 cm³/mol. The van der Waals surface area contributed by atoms with E-state index in [0.717, 1.165) is 6.42 Å². The third-order valence-corrected chi connectivity index (χ3v) is 3.60. The van der Waals surface area contributed by atoms with Gasteiger partial charge in [0.15, 0.2) is 0 Å². The molecule has 0 saturated heterocycles.